The summed E-state index contributed by atoms with van der Waals surface area (Å²) in [6, 6.07) is 7.39. The standard InChI is InChI=1S/C15H16Cl2N6/c1-9-3-5-11(13(16)21-9)7-19-15(18)23-20-8-12-6-4-10(2)22-14(12)17/h3-6,8H,7H2,1-2H3,(H3,18,19,23)/b20-8+. The number of hydrogen-bond donors (Lipinski definition) is 2. The highest BCUT2D eigenvalue weighted by atomic mass is 35.5. The van der Waals surface area contributed by atoms with Crippen LogP contribution in [-0.4, -0.2) is 22.1 Å². The fourth-order valence-corrected chi connectivity index (χ4v) is 2.18. The van der Waals surface area contributed by atoms with Gasteiger partial charge in [0.15, 0.2) is 0 Å². The predicted molar refractivity (Wildman–Crippen MR) is 94.0 cm³/mol. The molecule has 0 aliphatic heterocycles. The van der Waals surface area contributed by atoms with Crippen LogP contribution in [0.4, 0.5) is 0 Å². The number of aromatic nitrogens is 2. The van der Waals surface area contributed by atoms with Gasteiger partial charge in [0.05, 0.1) is 12.8 Å². The molecule has 120 valence electrons. The zero-order chi connectivity index (χ0) is 16.8. The lowest BCUT2D eigenvalue weighted by Crippen LogP contribution is -2.27. The summed E-state index contributed by atoms with van der Waals surface area (Å²) in [4.78, 5) is 12.4. The van der Waals surface area contributed by atoms with E-state index in [0.29, 0.717) is 22.4 Å². The zero-order valence-electron chi connectivity index (χ0n) is 12.7. The maximum Gasteiger partial charge on any atom is 0.209 e. The van der Waals surface area contributed by atoms with Gasteiger partial charge in [0.25, 0.3) is 0 Å². The number of aryl methyl sites for hydroxylation is 2. The molecule has 0 spiro atoms. The second-order valence-electron chi connectivity index (χ2n) is 4.81. The van der Waals surface area contributed by atoms with Crippen LogP contribution in [0.15, 0.2) is 34.4 Å². The third-order valence-corrected chi connectivity index (χ3v) is 3.51. The van der Waals surface area contributed by atoms with Gasteiger partial charge in [0.2, 0.25) is 5.96 Å². The first-order valence-corrected chi connectivity index (χ1v) is 7.55. The Morgan fingerprint density at radius 2 is 1.78 bits per heavy atom. The van der Waals surface area contributed by atoms with E-state index in [9.17, 15) is 0 Å². The summed E-state index contributed by atoms with van der Waals surface area (Å²) in [5.41, 5.74) is 11.5. The van der Waals surface area contributed by atoms with E-state index in [1.165, 1.54) is 6.21 Å². The predicted octanol–water partition coefficient (Wildman–Crippen LogP) is 2.84. The van der Waals surface area contributed by atoms with Crippen LogP contribution in [0.25, 0.3) is 0 Å². The molecule has 3 N–H and O–H groups in total. The van der Waals surface area contributed by atoms with Crippen LogP contribution >= 0.6 is 23.2 Å². The van der Waals surface area contributed by atoms with Gasteiger partial charge in [-0.1, -0.05) is 29.3 Å². The third kappa shape index (κ3) is 5.19. The van der Waals surface area contributed by atoms with E-state index in [-0.39, 0.29) is 5.96 Å². The highest BCUT2D eigenvalue weighted by Crippen LogP contribution is 2.14. The van der Waals surface area contributed by atoms with E-state index in [2.05, 4.69) is 25.5 Å². The molecular weight excluding hydrogens is 335 g/mol. The molecule has 6 nitrogen and oxygen atoms in total. The highest BCUT2D eigenvalue weighted by Gasteiger charge is 2.01. The number of hydrogen-bond acceptors (Lipinski definition) is 4. The number of rotatable bonds is 4. The van der Waals surface area contributed by atoms with Crippen LogP contribution in [0.3, 0.4) is 0 Å². The average Bonchev–Trinajstić information content (AvgIpc) is 2.48. The summed E-state index contributed by atoms with van der Waals surface area (Å²) < 4.78 is 0. The Hall–Kier alpha value is -2.18. The smallest absolute Gasteiger partial charge is 0.209 e. The number of nitrogens with one attached hydrogen (secondary N) is 1. The molecule has 0 aliphatic carbocycles. The van der Waals surface area contributed by atoms with Crippen LogP contribution in [0, 0.1) is 13.8 Å². The molecule has 0 radical (unpaired) electrons. The van der Waals surface area contributed by atoms with Crippen molar-refractivity contribution in [3.05, 3.63) is 57.1 Å². The lowest BCUT2D eigenvalue weighted by atomic mass is 10.2. The number of pyridine rings is 2. The van der Waals surface area contributed by atoms with Gasteiger partial charge in [-0.2, -0.15) is 5.10 Å². The van der Waals surface area contributed by atoms with Gasteiger partial charge in [-0.15, -0.1) is 0 Å². The first kappa shape index (κ1) is 17.2. The molecule has 0 saturated heterocycles. The monoisotopic (exact) mass is 350 g/mol. The highest BCUT2D eigenvalue weighted by molar-refractivity contribution is 6.31. The van der Waals surface area contributed by atoms with Gasteiger partial charge in [0.1, 0.15) is 10.3 Å². The number of halogens is 2. The molecule has 8 heteroatoms. The van der Waals surface area contributed by atoms with Crippen LogP contribution in [-0.2, 0) is 6.54 Å². The van der Waals surface area contributed by atoms with Gasteiger partial charge in [-0.3, -0.25) is 0 Å². The van der Waals surface area contributed by atoms with Crippen molar-refractivity contribution in [2.45, 2.75) is 20.4 Å². The van der Waals surface area contributed by atoms with Crippen molar-refractivity contribution < 1.29 is 0 Å². The Bertz CT molecular complexity index is 758. The summed E-state index contributed by atoms with van der Waals surface area (Å²) in [5.74, 6) is 0.161. The van der Waals surface area contributed by atoms with Gasteiger partial charge in [-0.25, -0.2) is 20.4 Å². The molecule has 2 heterocycles. The maximum absolute atomic E-state index is 6.03. The van der Waals surface area contributed by atoms with Crippen molar-refractivity contribution in [2.75, 3.05) is 0 Å². The van der Waals surface area contributed by atoms with E-state index < -0.39 is 0 Å². The first-order valence-electron chi connectivity index (χ1n) is 6.80. The van der Waals surface area contributed by atoms with E-state index in [4.69, 9.17) is 28.9 Å². The number of nitrogens with two attached hydrogens (primary N) is 1. The van der Waals surface area contributed by atoms with Crippen LogP contribution in [0.5, 0.6) is 0 Å². The molecule has 2 aromatic rings. The molecule has 0 amide bonds. The molecule has 0 fully saturated rings. The number of hydrazone groups is 1. The summed E-state index contributed by atoms with van der Waals surface area (Å²) in [7, 11) is 0. The summed E-state index contributed by atoms with van der Waals surface area (Å²) in [6.45, 7) is 4.04. The lowest BCUT2D eigenvalue weighted by Gasteiger charge is -2.03. The van der Waals surface area contributed by atoms with Crippen LogP contribution in [0.1, 0.15) is 22.5 Å². The maximum atomic E-state index is 6.03. The van der Waals surface area contributed by atoms with Crippen LogP contribution in [0.2, 0.25) is 10.3 Å². The molecule has 2 aromatic heterocycles. The SMILES string of the molecule is Cc1ccc(/C=N/NC(N)=NCc2ccc(C)nc2Cl)c(Cl)n1. The van der Waals surface area contributed by atoms with Gasteiger partial charge in [-0.05, 0) is 32.0 Å². The summed E-state index contributed by atoms with van der Waals surface area (Å²) in [5, 5.41) is 4.77. The third-order valence-electron chi connectivity index (χ3n) is 2.88. The molecule has 23 heavy (non-hydrogen) atoms. The summed E-state index contributed by atoms with van der Waals surface area (Å²) in [6.07, 6.45) is 1.53. The molecule has 0 bridgehead atoms. The average molecular weight is 351 g/mol. The van der Waals surface area contributed by atoms with E-state index >= 15 is 0 Å². The Morgan fingerprint density at radius 1 is 1.13 bits per heavy atom. The zero-order valence-corrected chi connectivity index (χ0v) is 14.2. The Labute approximate surface area is 144 Å². The van der Waals surface area contributed by atoms with Crippen molar-refractivity contribution in [3.8, 4) is 0 Å². The fourth-order valence-electron chi connectivity index (χ4n) is 1.68. The molecule has 0 aromatic carbocycles. The van der Waals surface area contributed by atoms with Crippen molar-refractivity contribution in [1.29, 1.82) is 0 Å². The number of aliphatic imine (C=N–C) groups is 1. The quantitative estimate of drug-likeness (QED) is 0.384. The van der Waals surface area contributed by atoms with Crippen molar-refractivity contribution in [3.63, 3.8) is 0 Å². The molecule has 0 unspecified atom stereocenters. The minimum absolute atomic E-state index is 0.161. The normalized spacial score (nSPS) is 11.9. The van der Waals surface area contributed by atoms with Crippen molar-refractivity contribution >= 4 is 35.4 Å². The molecular formula is C15H16Cl2N6. The fraction of sp³-hybridized carbons (Fsp3) is 0.200. The van der Waals surface area contributed by atoms with Crippen molar-refractivity contribution in [1.82, 2.24) is 15.4 Å². The van der Waals surface area contributed by atoms with E-state index in [0.717, 1.165) is 17.0 Å². The minimum Gasteiger partial charge on any atom is -0.369 e. The van der Waals surface area contributed by atoms with Gasteiger partial charge >= 0.3 is 0 Å². The number of nitrogens with zero attached hydrogens (tertiary/aromatic N) is 4. The topological polar surface area (TPSA) is 88.5 Å². The minimum atomic E-state index is 0.161. The first-order chi connectivity index (χ1) is 11.0. The van der Waals surface area contributed by atoms with E-state index in [1.807, 2.05) is 38.1 Å². The Morgan fingerprint density at radius 3 is 2.43 bits per heavy atom. The molecule has 0 saturated carbocycles. The second kappa shape index (κ2) is 7.89. The number of guanidine groups is 1. The largest absolute Gasteiger partial charge is 0.369 e. The molecule has 2 rings (SSSR count). The second-order valence-corrected chi connectivity index (χ2v) is 5.52. The Kier molecular flexibility index (Phi) is 5.90. The summed E-state index contributed by atoms with van der Waals surface area (Å²) >= 11 is 12.0. The van der Waals surface area contributed by atoms with Gasteiger partial charge < -0.3 is 5.73 Å². The van der Waals surface area contributed by atoms with Crippen molar-refractivity contribution in [2.24, 2.45) is 15.8 Å². The Balaban J connectivity index is 1.95. The van der Waals surface area contributed by atoms with E-state index in [1.54, 1.807) is 0 Å². The lowest BCUT2D eigenvalue weighted by molar-refractivity contribution is 0.955. The molecule has 0 atom stereocenters. The van der Waals surface area contributed by atoms with Crippen LogP contribution < -0.4 is 11.2 Å². The molecule has 0 aliphatic rings. The van der Waals surface area contributed by atoms with Gasteiger partial charge in [0, 0.05) is 22.5 Å².